The molecule has 1 fully saturated rings. The van der Waals surface area contributed by atoms with Crippen molar-refractivity contribution in [2.24, 2.45) is 0 Å². The van der Waals surface area contributed by atoms with E-state index in [0.29, 0.717) is 13.0 Å². The number of hydrogen-bond acceptors (Lipinski definition) is 3. The fourth-order valence-electron chi connectivity index (χ4n) is 2.04. The lowest BCUT2D eigenvalue weighted by atomic mass is 9.88. The van der Waals surface area contributed by atoms with Gasteiger partial charge in [0.25, 0.3) is 0 Å². The molecule has 0 aliphatic carbocycles. The number of rotatable bonds is 2. The molecule has 2 N–H and O–H groups in total. The van der Waals surface area contributed by atoms with E-state index in [4.69, 9.17) is 0 Å². The van der Waals surface area contributed by atoms with Crippen LogP contribution in [0, 0.1) is 5.82 Å². The molecular weight excluding hydrogens is 195 g/mol. The number of pyridine rings is 1. The van der Waals surface area contributed by atoms with Crippen molar-refractivity contribution >= 4 is 0 Å². The molecule has 3 nitrogen and oxygen atoms in total. The standard InChI is InChI=1S/C11H15FN2O/c12-10-4-9(6-14-7-10)5-11(15)2-1-3-13-8-11/h4,6-7,13,15H,1-3,5,8H2. The first-order chi connectivity index (χ1) is 7.18. The summed E-state index contributed by atoms with van der Waals surface area (Å²) in [6.45, 7) is 1.52. The molecule has 1 aliphatic heterocycles. The average Bonchev–Trinajstić information content (AvgIpc) is 2.18. The van der Waals surface area contributed by atoms with Gasteiger partial charge in [0.15, 0.2) is 0 Å². The normalized spacial score (nSPS) is 26.5. The van der Waals surface area contributed by atoms with E-state index >= 15 is 0 Å². The third kappa shape index (κ3) is 2.73. The molecule has 82 valence electrons. The summed E-state index contributed by atoms with van der Waals surface area (Å²) < 4.78 is 12.9. The van der Waals surface area contributed by atoms with Crippen LogP contribution < -0.4 is 5.32 Å². The smallest absolute Gasteiger partial charge is 0.141 e. The van der Waals surface area contributed by atoms with Gasteiger partial charge in [-0.3, -0.25) is 4.98 Å². The van der Waals surface area contributed by atoms with Crippen LogP contribution in [0.25, 0.3) is 0 Å². The summed E-state index contributed by atoms with van der Waals surface area (Å²) in [6, 6.07) is 1.43. The Bertz CT molecular complexity index is 337. The molecule has 4 heteroatoms. The first-order valence-corrected chi connectivity index (χ1v) is 5.21. The van der Waals surface area contributed by atoms with E-state index in [1.165, 1.54) is 12.3 Å². The van der Waals surface area contributed by atoms with Crippen LogP contribution in [-0.2, 0) is 6.42 Å². The third-order valence-corrected chi connectivity index (χ3v) is 2.74. The van der Waals surface area contributed by atoms with Crippen LogP contribution >= 0.6 is 0 Å². The molecule has 1 aromatic rings. The highest BCUT2D eigenvalue weighted by Gasteiger charge is 2.29. The zero-order valence-electron chi connectivity index (χ0n) is 8.54. The van der Waals surface area contributed by atoms with E-state index < -0.39 is 5.60 Å². The number of aliphatic hydroxyl groups is 1. The Morgan fingerprint density at radius 3 is 3.07 bits per heavy atom. The Hall–Kier alpha value is -1.00. The van der Waals surface area contributed by atoms with E-state index in [0.717, 1.165) is 24.9 Å². The van der Waals surface area contributed by atoms with Crippen molar-refractivity contribution in [3.63, 3.8) is 0 Å². The van der Waals surface area contributed by atoms with Gasteiger partial charge < -0.3 is 10.4 Å². The minimum Gasteiger partial charge on any atom is -0.388 e. The van der Waals surface area contributed by atoms with Gasteiger partial charge in [0, 0.05) is 19.2 Å². The van der Waals surface area contributed by atoms with E-state index in [-0.39, 0.29) is 5.82 Å². The van der Waals surface area contributed by atoms with Crippen LogP contribution in [0.5, 0.6) is 0 Å². The lowest BCUT2D eigenvalue weighted by Gasteiger charge is -2.32. The number of piperidine rings is 1. The van der Waals surface area contributed by atoms with Gasteiger partial charge in [-0.15, -0.1) is 0 Å². The molecule has 1 saturated heterocycles. The zero-order valence-corrected chi connectivity index (χ0v) is 8.54. The molecule has 2 heterocycles. The Labute approximate surface area is 88.3 Å². The third-order valence-electron chi connectivity index (χ3n) is 2.74. The summed E-state index contributed by atoms with van der Waals surface area (Å²) in [5.74, 6) is -0.347. The van der Waals surface area contributed by atoms with Gasteiger partial charge in [-0.2, -0.15) is 0 Å². The first kappa shape index (κ1) is 10.5. The Balaban J connectivity index is 2.06. The van der Waals surface area contributed by atoms with E-state index in [1.807, 2.05) is 0 Å². The maximum Gasteiger partial charge on any atom is 0.141 e. The van der Waals surface area contributed by atoms with Gasteiger partial charge >= 0.3 is 0 Å². The molecule has 0 spiro atoms. The van der Waals surface area contributed by atoms with E-state index in [9.17, 15) is 9.50 Å². The molecule has 1 aliphatic rings. The van der Waals surface area contributed by atoms with Crippen LogP contribution in [0.4, 0.5) is 4.39 Å². The Kier molecular flexibility index (Phi) is 2.98. The van der Waals surface area contributed by atoms with Gasteiger partial charge in [0.2, 0.25) is 0 Å². The highest BCUT2D eigenvalue weighted by molar-refractivity contribution is 5.13. The van der Waals surface area contributed by atoms with Crippen molar-refractivity contribution in [2.45, 2.75) is 24.9 Å². The van der Waals surface area contributed by atoms with Crippen LogP contribution in [0.2, 0.25) is 0 Å². The molecule has 0 saturated carbocycles. The molecule has 1 unspecified atom stereocenters. The lowest BCUT2D eigenvalue weighted by Crippen LogP contribution is -2.47. The summed E-state index contributed by atoms with van der Waals surface area (Å²) >= 11 is 0. The molecule has 0 bridgehead atoms. The van der Waals surface area contributed by atoms with Crippen LogP contribution in [0.3, 0.4) is 0 Å². The molecule has 2 rings (SSSR count). The Morgan fingerprint density at radius 1 is 1.53 bits per heavy atom. The number of β-amino-alcohol motifs (C(OH)–C–C–N with tert-alkyl or cyclic N) is 1. The van der Waals surface area contributed by atoms with Crippen molar-refractivity contribution in [3.8, 4) is 0 Å². The lowest BCUT2D eigenvalue weighted by molar-refractivity contribution is 0.0168. The highest BCUT2D eigenvalue weighted by Crippen LogP contribution is 2.21. The minimum absolute atomic E-state index is 0.347. The second kappa shape index (κ2) is 4.24. The van der Waals surface area contributed by atoms with Gasteiger partial charge in [-0.1, -0.05) is 0 Å². The topological polar surface area (TPSA) is 45.2 Å². The van der Waals surface area contributed by atoms with E-state index in [2.05, 4.69) is 10.3 Å². The summed E-state index contributed by atoms with van der Waals surface area (Å²) in [5, 5.41) is 13.3. The maximum atomic E-state index is 12.9. The van der Waals surface area contributed by atoms with E-state index in [1.54, 1.807) is 6.20 Å². The van der Waals surface area contributed by atoms with Crippen molar-refractivity contribution in [2.75, 3.05) is 13.1 Å². The fourth-order valence-corrected chi connectivity index (χ4v) is 2.04. The quantitative estimate of drug-likeness (QED) is 0.761. The number of nitrogens with zero attached hydrogens (tertiary/aromatic N) is 1. The largest absolute Gasteiger partial charge is 0.388 e. The molecule has 0 amide bonds. The number of hydrogen-bond donors (Lipinski definition) is 2. The number of aromatic nitrogens is 1. The van der Waals surface area contributed by atoms with Gasteiger partial charge in [0.1, 0.15) is 5.82 Å². The van der Waals surface area contributed by atoms with Crippen molar-refractivity contribution < 1.29 is 9.50 Å². The van der Waals surface area contributed by atoms with Crippen LogP contribution in [0.1, 0.15) is 18.4 Å². The maximum absolute atomic E-state index is 12.9. The molecule has 1 aromatic heterocycles. The van der Waals surface area contributed by atoms with Crippen molar-refractivity contribution in [1.82, 2.24) is 10.3 Å². The molecular formula is C11H15FN2O. The van der Waals surface area contributed by atoms with Crippen LogP contribution in [0.15, 0.2) is 18.5 Å². The van der Waals surface area contributed by atoms with Gasteiger partial charge in [-0.05, 0) is 31.0 Å². The summed E-state index contributed by atoms with van der Waals surface area (Å²) in [6.07, 6.45) is 4.96. The molecule has 1 atom stereocenters. The monoisotopic (exact) mass is 210 g/mol. The SMILES string of the molecule is OC1(Cc2cncc(F)c2)CCCNC1. The summed E-state index contributed by atoms with van der Waals surface area (Å²) in [5.41, 5.74) is 0.00877. The fraction of sp³-hybridized carbons (Fsp3) is 0.545. The summed E-state index contributed by atoms with van der Waals surface area (Å²) in [7, 11) is 0. The second-order valence-electron chi connectivity index (χ2n) is 4.19. The zero-order chi connectivity index (χ0) is 10.7. The first-order valence-electron chi connectivity index (χ1n) is 5.21. The van der Waals surface area contributed by atoms with Gasteiger partial charge in [-0.25, -0.2) is 4.39 Å². The molecule has 15 heavy (non-hydrogen) atoms. The molecule has 0 aromatic carbocycles. The minimum atomic E-state index is -0.742. The van der Waals surface area contributed by atoms with Crippen molar-refractivity contribution in [3.05, 3.63) is 29.8 Å². The second-order valence-corrected chi connectivity index (χ2v) is 4.19. The average molecular weight is 210 g/mol. The number of nitrogens with one attached hydrogen (secondary N) is 1. The van der Waals surface area contributed by atoms with Crippen LogP contribution in [-0.4, -0.2) is 28.8 Å². The van der Waals surface area contributed by atoms with Crippen molar-refractivity contribution in [1.29, 1.82) is 0 Å². The number of halogens is 1. The highest BCUT2D eigenvalue weighted by atomic mass is 19.1. The molecule has 0 radical (unpaired) electrons. The predicted octanol–water partition coefficient (Wildman–Crippen LogP) is 0.878. The predicted molar refractivity (Wildman–Crippen MR) is 55.0 cm³/mol. The summed E-state index contributed by atoms with van der Waals surface area (Å²) in [4.78, 5) is 3.77. The Morgan fingerprint density at radius 2 is 2.40 bits per heavy atom. The van der Waals surface area contributed by atoms with Gasteiger partial charge in [0.05, 0.1) is 11.8 Å².